The highest BCUT2D eigenvalue weighted by molar-refractivity contribution is 5.28. The van der Waals surface area contributed by atoms with Crippen LogP contribution in [-0.4, -0.2) is 65.4 Å². The number of aliphatic hydroxyl groups excluding tert-OH is 5. The average Bonchev–Trinajstić information content (AvgIpc) is 3.02. The molecule has 0 aliphatic carbocycles. The fourth-order valence-electron chi connectivity index (χ4n) is 1.79. The molecule has 5 N–H and O–H groups in total. The molecule has 0 spiro atoms. The van der Waals surface area contributed by atoms with Gasteiger partial charge in [0.25, 0.3) is 0 Å². The third kappa shape index (κ3) is 3.43. The van der Waals surface area contributed by atoms with Crippen LogP contribution in [0.15, 0.2) is 36.5 Å². The van der Waals surface area contributed by atoms with Gasteiger partial charge in [-0.2, -0.15) is 15.0 Å². The lowest BCUT2D eigenvalue weighted by molar-refractivity contribution is -0.117. The highest BCUT2D eigenvalue weighted by Crippen LogP contribution is 2.18. The molecule has 0 bridgehead atoms. The first kappa shape index (κ1) is 15.5. The van der Waals surface area contributed by atoms with Gasteiger partial charge >= 0.3 is 0 Å². The quantitative estimate of drug-likeness (QED) is 0.432. The van der Waals surface area contributed by atoms with Crippen molar-refractivity contribution in [3.8, 4) is 5.69 Å². The van der Waals surface area contributed by atoms with Gasteiger partial charge in [-0.25, -0.2) is 0 Å². The number of hydrogen-bond acceptors (Lipinski definition) is 7. The zero-order valence-electron chi connectivity index (χ0n) is 11.1. The van der Waals surface area contributed by atoms with Crippen LogP contribution in [0.4, 0.5) is 0 Å². The van der Waals surface area contributed by atoms with Crippen LogP contribution in [0.2, 0.25) is 0 Å². The molecule has 0 saturated heterocycles. The number of para-hydroxylation sites is 1. The van der Waals surface area contributed by atoms with Crippen molar-refractivity contribution in [3.05, 3.63) is 42.2 Å². The highest BCUT2D eigenvalue weighted by Gasteiger charge is 2.32. The molecule has 1 heterocycles. The van der Waals surface area contributed by atoms with Crippen molar-refractivity contribution in [2.75, 3.05) is 6.61 Å². The summed E-state index contributed by atoms with van der Waals surface area (Å²) < 4.78 is 0. The van der Waals surface area contributed by atoms with Crippen LogP contribution in [-0.2, 0) is 0 Å². The Bertz CT molecular complexity index is 562. The first-order chi connectivity index (χ1) is 10.0. The van der Waals surface area contributed by atoms with Crippen molar-refractivity contribution in [2.45, 2.75) is 24.4 Å². The topological polar surface area (TPSA) is 132 Å². The van der Waals surface area contributed by atoms with Crippen molar-refractivity contribution < 1.29 is 25.5 Å². The van der Waals surface area contributed by atoms with E-state index in [4.69, 9.17) is 5.11 Å². The van der Waals surface area contributed by atoms with E-state index >= 15 is 0 Å². The number of benzene rings is 1. The lowest BCUT2D eigenvalue weighted by Crippen LogP contribution is -2.42. The van der Waals surface area contributed by atoms with Crippen molar-refractivity contribution in [2.24, 2.45) is 0 Å². The maximum Gasteiger partial charge on any atom is 0.128 e. The molecule has 0 aliphatic rings. The molecule has 4 atom stereocenters. The molecular weight excluding hydrogens is 278 g/mol. The van der Waals surface area contributed by atoms with Crippen molar-refractivity contribution in [3.63, 3.8) is 0 Å². The minimum atomic E-state index is -1.70. The van der Waals surface area contributed by atoms with Crippen LogP contribution in [0.1, 0.15) is 11.8 Å². The molecule has 8 nitrogen and oxygen atoms in total. The molecule has 0 aliphatic heterocycles. The van der Waals surface area contributed by atoms with Gasteiger partial charge in [0, 0.05) is 0 Å². The molecule has 1 aromatic heterocycles. The van der Waals surface area contributed by atoms with Crippen LogP contribution < -0.4 is 0 Å². The lowest BCUT2D eigenvalue weighted by Gasteiger charge is -2.24. The van der Waals surface area contributed by atoms with Gasteiger partial charge in [0.2, 0.25) is 0 Å². The normalized spacial score (nSPS) is 17.2. The van der Waals surface area contributed by atoms with Gasteiger partial charge in [-0.05, 0) is 12.1 Å². The molecule has 2 aromatic rings. The van der Waals surface area contributed by atoms with E-state index in [1.54, 1.807) is 24.3 Å². The molecule has 1 aromatic carbocycles. The molecule has 0 saturated carbocycles. The molecule has 0 amide bonds. The Hall–Kier alpha value is -1.84. The summed E-state index contributed by atoms with van der Waals surface area (Å²) in [6, 6.07) is 8.95. The summed E-state index contributed by atoms with van der Waals surface area (Å²) in [5.41, 5.74) is 0.705. The fraction of sp³-hybridized carbons (Fsp3) is 0.385. The van der Waals surface area contributed by atoms with Crippen molar-refractivity contribution in [1.29, 1.82) is 0 Å². The maximum atomic E-state index is 9.95. The Morgan fingerprint density at radius 2 is 1.67 bits per heavy atom. The zero-order chi connectivity index (χ0) is 15.4. The van der Waals surface area contributed by atoms with Gasteiger partial charge < -0.3 is 25.5 Å². The third-order valence-corrected chi connectivity index (χ3v) is 3.05. The SMILES string of the molecule is OCC(O)C(O)C(O)C(O)c1cnn(-c2ccccc2)n1. The average molecular weight is 295 g/mol. The second-order valence-electron chi connectivity index (χ2n) is 4.57. The lowest BCUT2D eigenvalue weighted by atomic mass is 10.0. The molecule has 0 radical (unpaired) electrons. The standard InChI is InChI=1S/C13H17N3O5/c17-7-10(18)12(20)13(21)11(19)9-6-14-16(15-9)8-4-2-1-3-5-8/h1-6,10-13,17-21H,7H2. The number of aliphatic hydroxyl groups is 5. The second-order valence-corrected chi connectivity index (χ2v) is 4.57. The van der Waals surface area contributed by atoms with E-state index in [1.807, 2.05) is 6.07 Å². The number of nitrogens with zero attached hydrogens (tertiary/aromatic N) is 3. The fourth-order valence-corrected chi connectivity index (χ4v) is 1.79. The number of hydrogen-bond donors (Lipinski definition) is 5. The summed E-state index contributed by atoms with van der Waals surface area (Å²) in [5.74, 6) is 0. The van der Waals surface area contributed by atoms with Crippen LogP contribution in [0, 0.1) is 0 Å². The summed E-state index contributed by atoms with van der Waals surface area (Å²) in [6.45, 7) is -0.734. The minimum Gasteiger partial charge on any atom is -0.394 e. The van der Waals surface area contributed by atoms with Crippen LogP contribution in [0.3, 0.4) is 0 Å². The van der Waals surface area contributed by atoms with E-state index in [-0.39, 0.29) is 5.69 Å². The van der Waals surface area contributed by atoms with Crippen LogP contribution in [0.25, 0.3) is 5.69 Å². The predicted octanol–water partition coefficient (Wildman–Crippen LogP) is -1.62. The molecule has 21 heavy (non-hydrogen) atoms. The van der Waals surface area contributed by atoms with Gasteiger partial charge in [0.15, 0.2) is 0 Å². The summed E-state index contributed by atoms with van der Waals surface area (Å²) in [7, 11) is 0. The number of aromatic nitrogens is 3. The summed E-state index contributed by atoms with van der Waals surface area (Å²) in [4.78, 5) is 1.26. The van der Waals surface area contributed by atoms with E-state index in [0.717, 1.165) is 0 Å². The van der Waals surface area contributed by atoms with Gasteiger partial charge in [0.1, 0.15) is 30.1 Å². The van der Waals surface area contributed by atoms with Gasteiger partial charge in [-0.3, -0.25) is 0 Å². The summed E-state index contributed by atoms with van der Waals surface area (Å²) >= 11 is 0. The Morgan fingerprint density at radius 1 is 1.00 bits per heavy atom. The Morgan fingerprint density at radius 3 is 2.29 bits per heavy atom. The van der Waals surface area contributed by atoms with Crippen LogP contribution in [0.5, 0.6) is 0 Å². The first-order valence-electron chi connectivity index (χ1n) is 6.35. The first-order valence-corrected chi connectivity index (χ1v) is 6.35. The second kappa shape index (κ2) is 6.74. The van der Waals surface area contributed by atoms with Gasteiger partial charge in [0.05, 0.1) is 18.5 Å². The molecule has 114 valence electrons. The summed E-state index contributed by atoms with van der Waals surface area (Å²) in [6.07, 6.45) is -5.25. The molecule has 2 rings (SSSR count). The van der Waals surface area contributed by atoms with Crippen LogP contribution >= 0.6 is 0 Å². The molecule has 0 fully saturated rings. The maximum absolute atomic E-state index is 9.95. The zero-order valence-corrected chi connectivity index (χ0v) is 11.1. The molecule has 4 unspecified atom stereocenters. The van der Waals surface area contributed by atoms with E-state index in [2.05, 4.69) is 10.2 Å². The monoisotopic (exact) mass is 295 g/mol. The summed E-state index contributed by atoms with van der Waals surface area (Å²) in [5, 5.41) is 55.2. The predicted molar refractivity (Wildman–Crippen MR) is 71.4 cm³/mol. The molecular formula is C13H17N3O5. The minimum absolute atomic E-state index is 0.0375. The third-order valence-electron chi connectivity index (χ3n) is 3.05. The van der Waals surface area contributed by atoms with E-state index in [0.29, 0.717) is 5.69 Å². The number of rotatable bonds is 6. The van der Waals surface area contributed by atoms with Gasteiger partial charge in [-0.1, -0.05) is 18.2 Å². The largest absolute Gasteiger partial charge is 0.394 e. The smallest absolute Gasteiger partial charge is 0.128 e. The van der Waals surface area contributed by atoms with E-state index in [9.17, 15) is 20.4 Å². The van der Waals surface area contributed by atoms with Crippen molar-refractivity contribution >= 4 is 0 Å². The Balaban J connectivity index is 2.14. The van der Waals surface area contributed by atoms with E-state index < -0.39 is 31.0 Å². The molecule has 8 heteroatoms. The Kier molecular flexibility index (Phi) is 4.99. The van der Waals surface area contributed by atoms with Crippen molar-refractivity contribution in [1.82, 2.24) is 15.0 Å². The van der Waals surface area contributed by atoms with E-state index in [1.165, 1.54) is 11.0 Å². The van der Waals surface area contributed by atoms with Gasteiger partial charge in [-0.15, -0.1) is 0 Å². The Labute approximate surface area is 120 Å². The highest BCUT2D eigenvalue weighted by atomic mass is 16.4.